The Morgan fingerprint density at radius 3 is 2.67 bits per heavy atom. The highest BCUT2D eigenvalue weighted by atomic mass is 16.5. The predicted octanol–water partition coefficient (Wildman–Crippen LogP) is 3.25. The van der Waals surface area contributed by atoms with E-state index in [-0.39, 0.29) is 6.61 Å². The van der Waals surface area contributed by atoms with Crippen LogP contribution >= 0.6 is 0 Å². The third-order valence-corrected chi connectivity index (χ3v) is 3.37. The zero-order valence-electron chi connectivity index (χ0n) is 12.5. The van der Waals surface area contributed by atoms with Gasteiger partial charge in [-0.25, -0.2) is 4.79 Å². The van der Waals surface area contributed by atoms with Crippen LogP contribution in [0.3, 0.4) is 0 Å². The molecule has 0 spiro atoms. The minimum Gasteiger partial charge on any atom is -0.495 e. The Balaban J connectivity index is 2.14. The topological polar surface area (TPSA) is 61.5 Å². The summed E-state index contributed by atoms with van der Waals surface area (Å²) < 4.78 is 10.5. The van der Waals surface area contributed by atoms with Crippen molar-refractivity contribution in [2.24, 2.45) is 0 Å². The number of benzene rings is 2. The number of nitrogen functional groups attached to an aromatic ring is 1. The monoisotopic (exact) mass is 285 g/mol. The van der Waals surface area contributed by atoms with E-state index in [0.29, 0.717) is 17.0 Å². The van der Waals surface area contributed by atoms with Crippen LogP contribution in [0.1, 0.15) is 27.0 Å². The highest BCUT2D eigenvalue weighted by Crippen LogP contribution is 2.25. The number of carbonyl (C=O) groups excluding carboxylic acids is 1. The van der Waals surface area contributed by atoms with Crippen LogP contribution < -0.4 is 10.5 Å². The Hall–Kier alpha value is -2.49. The van der Waals surface area contributed by atoms with Crippen LogP contribution in [0.2, 0.25) is 0 Å². The smallest absolute Gasteiger partial charge is 0.340 e. The maximum Gasteiger partial charge on any atom is 0.340 e. The SMILES string of the molecule is COc1cccc(C(=O)OCc2cc(C)ccc2C)c1N. The van der Waals surface area contributed by atoms with Gasteiger partial charge in [0.1, 0.15) is 12.4 Å². The van der Waals surface area contributed by atoms with Gasteiger partial charge in [0.2, 0.25) is 0 Å². The summed E-state index contributed by atoms with van der Waals surface area (Å²) in [4.78, 5) is 12.1. The molecule has 21 heavy (non-hydrogen) atoms. The van der Waals surface area contributed by atoms with E-state index >= 15 is 0 Å². The minimum absolute atomic E-state index is 0.225. The van der Waals surface area contributed by atoms with Gasteiger partial charge in [0.15, 0.2) is 0 Å². The first-order chi connectivity index (χ1) is 10.0. The number of methoxy groups -OCH3 is 1. The van der Waals surface area contributed by atoms with Gasteiger partial charge in [-0.15, -0.1) is 0 Å². The van der Waals surface area contributed by atoms with Crippen molar-refractivity contribution in [1.82, 2.24) is 0 Å². The normalized spacial score (nSPS) is 10.2. The first kappa shape index (κ1) is 14.9. The molecule has 0 aliphatic heterocycles. The largest absolute Gasteiger partial charge is 0.495 e. The molecule has 0 fully saturated rings. The molecule has 4 nitrogen and oxygen atoms in total. The Kier molecular flexibility index (Phi) is 4.48. The van der Waals surface area contributed by atoms with E-state index in [2.05, 4.69) is 0 Å². The second-order valence-electron chi connectivity index (χ2n) is 4.93. The van der Waals surface area contributed by atoms with Crippen molar-refractivity contribution in [3.63, 3.8) is 0 Å². The van der Waals surface area contributed by atoms with Crippen LogP contribution in [-0.4, -0.2) is 13.1 Å². The molecule has 0 radical (unpaired) electrons. The number of carbonyl (C=O) groups is 1. The second kappa shape index (κ2) is 6.31. The van der Waals surface area contributed by atoms with Crippen molar-refractivity contribution in [2.75, 3.05) is 12.8 Å². The fourth-order valence-corrected chi connectivity index (χ4v) is 2.08. The number of rotatable bonds is 4. The fourth-order valence-electron chi connectivity index (χ4n) is 2.08. The van der Waals surface area contributed by atoms with E-state index in [0.717, 1.165) is 16.7 Å². The highest BCUT2D eigenvalue weighted by Gasteiger charge is 2.14. The lowest BCUT2D eigenvalue weighted by molar-refractivity contribution is 0.0473. The van der Waals surface area contributed by atoms with E-state index in [1.165, 1.54) is 7.11 Å². The first-order valence-corrected chi connectivity index (χ1v) is 6.68. The van der Waals surface area contributed by atoms with E-state index in [1.807, 2.05) is 32.0 Å². The first-order valence-electron chi connectivity index (χ1n) is 6.68. The fraction of sp³-hybridized carbons (Fsp3) is 0.235. The lowest BCUT2D eigenvalue weighted by Gasteiger charge is -2.11. The highest BCUT2D eigenvalue weighted by molar-refractivity contribution is 5.96. The molecule has 0 saturated heterocycles. The van der Waals surface area contributed by atoms with Crippen LogP contribution in [0.15, 0.2) is 36.4 Å². The van der Waals surface area contributed by atoms with Crippen molar-refractivity contribution < 1.29 is 14.3 Å². The number of hydrogen-bond donors (Lipinski definition) is 1. The van der Waals surface area contributed by atoms with Crippen molar-refractivity contribution in [2.45, 2.75) is 20.5 Å². The Morgan fingerprint density at radius 2 is 1.95 bits per heavy atom. The number of ether oxygens (including phenoxy) is 2. The van der Waals surface area contributed by atoms with Gasteiger partial charge in [-0.05, 0) is 37.1 Å². The molecule has 0 saturated carbocycles. The molecule has 0 bridgehead atoms. The molecular formula is C17H19NO3. The third kappa shape index (κ3) is 3.34. The lowest BCUT2D eigenvalue weighted by Crippen LogP contribution is -2.09. The van der Waals surface area contributed by atoms with Gasteiger partial charge in [-0.1, -0.05) is 29.8 Å². The molecule has 4 heteroatoms. The summed E-state index contributed by atoms with van der Waals surface area (Å²) in [6.07, 6.45) is 0. The molecule has 0 aliphatic rings. The molecule has 0 amide bonds. The summed E-state index contributed by atoms with van der Waals surface area (Å²) in [5.41, 5.74) is 9.72. The molecule has 0 heterocycles. The van der Waals surface area contributed by atoms with Gasteiger partial charge in [-0.2, -0.15) is 0 Å². The minimum atomic E-state index is -0.452. The number of nitrogens with two attached hydrogens (primary N) is 1. The molecule has 2 aromatic rings. The van der Waals surface area contributed by atoms with E-state index in [9.17, 15) is 4.79 Å². The number of para-hydroxylation sites is 1. The van der Waals surface area contributed by atoms with Crippen LogP contribution in [0.25, 0.3) is 0 Å². The maximum atomic E-state index is 12.1. The number of esters is 1. The van der Waals surface area contributed by atoms with Crippen LogP contribution in [0.4, 0.5) is 5.69 Å². The van der Waals surface area contributed by atoms with Gasteiger partial charge in [-0.3, -0.25) is 0 Å². The molecule has 0 atom stereocenters. The van der Waals surface area contributed by atoms with Gasteiger partial charge in [0, 0.05) is 0 Å². The molecule has 0 aliphatic carbocycles. The zero-order chi connectivity index (χ0) is 15.4. The molecule has 2 rings (SSSR count). The van der Waals surface area contributed by atoms with Gasteiger partial charge >= 0.3 is 5.97 Å². The van der Waals surface area contributed by atoms with Gasteiger partial charge < -0.3 is 15.2 Å². The average molecular weight is 285 g/mol. The average Bonchev–Trinajstić information content (AvgIpc) is 2.48. The zero-order valence-corrected chi connectivity index (χ0v) is 12.5. The van der Waals surface area contributed by atoms with Gasteiger partial charge in [0.05, 0.1) is 18.4 Å². The summed E-state index contributed by atoms with van der Waals surface area (Å²) in [7, 11) is 1.51. The summed E-state index contributed by atoms with van der Waals surface area (Å²) in [6, 6.07) is 11.1. The number of hydrogen-bond acceptors (Lipinski definition) is 4. The Bertz CT molecular complexity index is 665. The van der Waals surface area contributed by atoms with Crippen LogP contribution in [-0.2, 0) is 11.3 Å². The molecular weight excluding hydrogens is 266 g/mol. The molecule has 0 unspecified atom stereocenters. The number of aryl methyl sites for hydroxylation is 2. The van der Waals surface area contributed by atoms with Gasteiger partial charge in [0.25, 0.3) is 0 Å². The van der Waals surface area contributed by atoms with E-state index < -0.39 is 5.97 Å². The standard InChI is InChI=1S/C17H19NO3/c1-11-7-8-12(2)13(9-11)10-21-17(19)14-5-4-6-15(20-3)16(14)18/h4-9H,10,18H2,1-3H3. The molecule has 2 aromatic carbocycles. The van der Waals surface area contributed by atoms with Crippen LogP contribution in [0.5, 0.6) is 5.75 Å². The Labute approximate surface area is 124 Å². The predicted molar refractivity (Wildman–Crippen MR) is 82.4 cm³/mol. The van der Waals surface area contributed by atoms with Crippen LogP contribution in [0, 0.1) is 13.8 Å². The summed E-state index contributed by atoms with van der Waals surface area (Å²) in [5.74, 6) is 0.0171. The third-order valence-electron chi connectivity index (χ3n) is 3.37. The summed E-state index contributed by atoms with van der Waals surface area (Å²) >= 11 is 0. The van der Waals surface area contributed by atoms with E-state index in [4.69, 9.17) is 15.2 Å². The summed E-state index contributed by atoms with van der Waals surface area (Å²) in [5, 5.41) is 0. The summed E-state index contributed by atoms with van der Waals surface area (Å²) in [6.45, 7) is 4.22. The quantitative estimate of drug-likeness (QED) is 0.692. The van der Waals surface area contributed by atoms with Crippen molar-refractivity contribution in [3.8, 4) is 5.75 Å². The molecule has 2 N–H and O–H groups in total. The second-order valence-corrected chi connectivity index (χ2v) is 4.93. The maximum absolute atomic E-state index is 12.1. The molecule has 110 valence electrons. The van der Waals surface area contributed by atoms with E-state index in [1.54, 1.807) is 18.2 Å². The molecule has 0 aromatic heterocycles. The van der Waals surface area contributed by atoms with Crippen molar-refractivity contribution in [1.29, 1.82) is 0 Å². The van der Waals surface area contributed by atoms with Crippen molar-refractivity contribution in [3.05, 3.63) is 58.7 Å². The van der Waals surface area contributed by atoms with Crippen molar-refractivity contribution >= 4 is 11.7 Å². The lowest BCUT2D eigenvalue weighted by atomic mass is 10.1. The Morgan fingerprint density at radius 1 is 1.19 bits per heavy atom. The number of anilines is 1.